The van der Waals surface area contributed by atoms with Crippen molar-refractivity contribution in [1.29, 1.82) is 0 Å². The summed E-state index contributed by atoms with van der Waals surface area (Å²) in [7, 11) is 0. The van der Waals surface area contributed by atoms with Crippen molar-refractivity contribution in [2.75, 3.05) is 31.2 Å². The van der Waals surface area contributed by atoms with E-state index in [2.05, 4.69) is 4.98 Å². The number of anilines is 1. The van der Waals surface area contributed by atoms with Crippen LogP contribution in [0.25, 0.3) is 0 Å². The quantitative estimate of drug-likeness (QED) is 0.477. The van der Waals surface area contributed by atoms with Gasteiger partial charge < -0.3 is 14.4 Å². The van der Waals surface area contributed by atoms with Gasteiger partial charge in [-0.05, 0) is 6.07 Å². The fraction of sp³-hybridized carbons (Fsp3) is 0.267. The number of nitrogens with zero attached hydrogens (tertiary/aromatic N) is 3. The van der Waals surface area contributed by atoms with Crippen molar-refractivity contribution in [3.8, 4) is 11.5 Å². The van der Waals surface area contributed by atoms with Crippen LogP contribution in [0.3, 0.4) is 0 Å². The van der Waals surface area contributed by atoms with Crippen LogP contribution in [0, 0.1) is 27.7 Å². The standard InChI is InChI=1S/C15H12F3N3O4/c16-11-13(25-10-4-2-1-3-9(10)21(22)23)12(17)15(19-14(11)18)20-5-7-24-8-6-20/h1-4H,5-8H2. The first-order chi connectivity index (χ1) is 12.0. The maximum Gasteiger partial charge on any atom is 0.311 e. The zero-order valence-corrected chi connectivity index (χ0v) is 12.7. The molecule has 0 bridgehead atoms. The average molecular weight is 355 g/mol. The van der Waals surface area contributed by atoms with Gasteiger partial charge >= 0.3 is 5.69 Å². The Kier molecular flexibility index (Phi) is 4.70. The third-order valence-corrected chi connectivity index (χ3v) is 3.56. The van der Waals surface area contributed by atoms with E-state index in [-0.39, 0.29) is 26.3 Å². The maximum absolute atomic E-state index is 14.7. The smallest absolute Gasteiger partial charge is 0.311 e. The number of nitro groups is 1. The van der Waals surface area contributed by atoms with Crippen LogP contribution in [0.15, 0.2) is 24.3 Å². The van der Waals surface area contributed by atoms with Crippen LogP contribution in [-0.4, -0.2) is 36.2 Å². The summed E-state index contributed by atoms with van der Waals surface area (Å²) in [6.07, 6.45) is 0. The van der Waals surface area contributed by atoms with Crippen LogP contribution in [0.1, 0.15) is 0 Å². The second-order valence-corrected chi connectivity index (χ2v) is 5.11. The number of nitro benzene ring substituents is 1. The third-order valence-electron chi connectivity index (χ3n) is 3.56. The molecule has 0 spiro atoms. The van der Waals surface area contributed by atoms with E-state index in [0.717, 1.165) is 12.1 Å². The first-order valence-electron chi connectivity index (χ1n) is 7.27. The molecular formula is C15H12F3N3O4. The summed E-state index contributed by atoms with van der Waals surface area (Å²) in [5.41, 5.74) is -0.508. The van der Waals surface area contributed by atoms with E-state index >= 15 is 0 Å². The Labute approximate surface area is 139 Å². The molecular weight excluding hydrogens is 343 g/mol. The highest BCUT2D eigenvalue weighted by molar-refractivity contribution is 5.52. The second kappa shape index (κ2) is 6.93. The molecule has 0 unspecified atom stereocenters. The molecule has 10 heteroatoms. The van der Waals surface area contributed by atoms with Crippen molar-refractivity contribution in [2.24, 2.45) is 0 Å². The van der Waals surface area contributed by atoms with Crippen molar-refractivity contribution in [1.82, 2.24) is 4.98 Å². The van der Waals surface area contributed by atoms with Gasteiger partial charge in [-0.25, -0.2) is 0 Å². The van der Waals surface area contributed by atoms with Crippen molar-refractivity contribution in [2.45, 2.75) is 0 Å². The van der Waals surface area contributed by atoms with Crippen LogP contribution >= 0.6 is 0 Å². The van der Waals surface area contributed by atoms with E-state index in [0.29, 0.717) is 0 Å². The molecule has 0 saturated carbocycles. The summed E-state index contributed by atoms with van der Waals surface area (Å²) in [4.78, 5) is 14.9. The Morgan fingerprint density at radius 1 is 1.16 bits per heavy atom. The van der Waals surface area contributed by atoms with E-state index in [4.69, 9.17) is 9.47 Å². The van der Waals surface area contributed by atoms with Gasteiger partial charge in [-0.1, -0.05) is 12.1 Å². The topological polar surface area (TPSA) is 77.7 Å². The zero-order chi connectivity index (χ0) is 18.0. The molecule has 132 valence electrons. The lowest BCUT2D eigenvalue weighted by atomic mass is 10.3. The molecule has 0 N–H and O–H groups in total. The van der Waals surface area contributed by atoms with Crippen LogP contribution in [0.5, 0.6) is 11.5 Å². The predicted molar refractivity (Wildman–Crippen MR) is 80.3 cm³/mol. The summed E-state index contributed by atoms with van der Waals surface area (Å²) in [6.45, 7) is 1.03. The monoisotopic (exact) mass is 355 g/mol. The molecule has 0 radical (unpaired) electrons. The second-order valence-electron chi connectivity index (χ2n) is 5.11. The fourth-order valence-electron chi connectivity index (χ4n) is 2.36. The molecule has 1 fully saturated rings. The third kappa shape index (κ3) is 3.33. The fourth-order valence-corrected chi connectivity index (χ4v) is 2.36. The summed E-state index contributed by atoms with van der Waals surface area (Å²) in [5.74, 6) is -6.38. The molecule has 1 aliphatic heterocycles. The number of para-hydroxylation sites is 2. The normalized spacial score (nSPS) is 14.4. The first-order valence-corrected chi connectivity index (χ1v) is 7.27. The van der Waals surface area contributed by atoms with Crippen molar-refractivity contribution < 1.29 is 27.6 Å². The van der Waals surface area contributed by atoms with Gasteiger partial charge in [0.25, 0.3) is 5.95 Å². The summed E-state index contributed by atoms with van der Waals surface area (Å²) >= 11 is 0. The number of benzene rings is 1. The number of hydrogen-bond acceptors (Lipinski definition) is 6. The minimum Gasteiger partial charge on any atom is -0.444 e. The number of morpholine rings is 1. The molecule has 1 aliphatic rings. The highest BCUT2D eigenvalue weighted by atomic mass is 19.2. The number of aromatic nitrogens is 1. The van der Waals surface area contributed by atoms with Crippen LogP contribution in [0.4, 0.5) is 24.7 Å². The summed E-state index contributed by atoms with van der Waals surface area (Å²) in [6, 6.07) is 5.01. The molecule has 1 saturated heterocycles. The van der Waals surface area contributed by atoms with Crippen LogP contribution < -0.4 is 9.64 Å². The van der Waals surface area contributed by atoms with E-state index in [1.165, 1.54) is 17.0 Å². The molecule has 2 heterocycles. The molecule has 0 aliphatic carbocycles. The Hall–Kier alpha value is -2.88. The Morgan fingerprint density at radius 3 is 2.52 bits per heavy atom. The predicted octanol–water partition coefficient (Wildman–Crippen LogP) is 3.04. The number of hydrogen-bond donors (Lipinski definition) is 0. The van der Waals surface area contributed by atoms with E-state index < -0.39 is 45.5 Å². The zero-order valence-electron chi connectivity index (χ0n) is 12.7. The number of rotatable bonds is 4. The van der Waals surface area contributed by atoms with E-state index in [1.807, 2.05) is 0 Å². The summed E-state index contributed by atoms with van der Waals surface area (Å²) in [5, 5.41) is 11.0. The van der Waals surface area contributed by atoms with Crippen LogP contribution in [0.2, 0.25) is 0 Å². The number of ether oxygens (including phenoxy) is 2. The Morgan fingerprint density at radius 2 is 1.84 bits per heavy atom. The number of halogens is 3. The van der Waals surface area contributed by atoms with Gasteiger partial charge in [-0.3, -0.25) is 10.1 Å². The molecule has 0 amide bonds. The number of pyridine rings is 1. The molecule has 25 heavy (non-hydrogen) atoms. The van der Waals surface area contributed by atoms with Gasteiger partial charge in [0.1, 0.15) is 0 Å². The van der Waals surface area contributed by atoms with Gasteiger partial charge in [-0.2, -0.15) is 18.2 Å². The van der Waals surface area contributed by atoms with Gasteiger partial charge in [0.15, 0.2) is 5.82 Å². The summed E-state index contributed by atoms with van der Waals surface area (Å²) < 4.78 is 52.6. The minimum atomic E-state index is -1.66. The Bertz CT molecular complexity index is 813. The Balaban J connectivity index is 2.04. The lowest BCUT2D eigenvalue weighted by Crippen LogP contribution is -2.37. The molecule has 3 rings (SSSR count). The van der Waals surface area contributed by atoms with Gasteiger partial charge in [-0.15, -0.1) is 0 Å². The highest BCUT2D eigenvalue weighted by Crippen LogP contribution is 2.37. The molecule has 1 aromatic heterocycles. The first kappa shape index (κ1) is 17.0. The van der Waals surface area contributed by atoms with E-state index in [1.54, 1.807) is 0 Å². The largest absolute Gasteiger partial charge is 0.444 e. The van der Waals surface area contributed by atoms with Gasteiger partial charge in [0.2, 0.25) is 23.1 Å². The lowest BCUT2D eigenvalue weighted by molar-refractivity contribution is -0.385. The van der Waals surface area contributed by atoms with Crippen molar-refractivity contribution >= 4 is 11.5 Å². The van der Waals surface area contributed by atoms with Crippen molar-refractivity contribution in [3.63, 3.8) is 0 Å². The van der Waals surface area contributed by atoms with E-state index in [9.17, 15) is 23.3 Å². The average Bonchev–Trinajstić information content (AvgIpc) is 2.62. The lowest BCUT2D eigenvalue weighted by Gasteiger charge is -2.28. The van der Waals surface area contributed by atoms with Crippen molar-refractivity contribution in [3.05, 3.63) is 52.0 Å². The molecule has 2 aromatic rings. The highest BCUT2D eigenvalue weighted by Gasteiger charge is 2.28. The molecule has 0 atom stereocenters. The maximum atomic E-state index is 14.7. The molecule has 1 aromatic carbocycles. The van der Waals surface area contributed by atoms with Gasteiger partial charge in [0.05, 0.1) is 18.1 Å². The van der Waals surface area contributed by atoms with Crippen LogP contribution in [-0.2, 0) is 4.74 Å². The molecule has 7 nitrogen and oxygen atoms in total. The minimum absolute atomic E-state index is 0.236. The SMILES string of the molecule is O=[N+]([O-])c1ccccc1Oc1c(F)c(F)nc(N2CCOCC2)c1F. The van der Waals surface area contributed by atoms with Gasteiger partial charge in [0, 0.05) is 19.2 Å².